The Morgan fingerprint density at radius 1 is 0.804 bits per heavy atom. The minimum absolute atomic E-state index is 0.380. The third-order valence-electron chi connectivity index (χ3n) is 6.12. The third-order valence-corrected chi connectivity index (χ3v) is 7.10. The summed E-state index contributed by atoms with van der Waals surface area (Å²) in [5.74, 6) is -8.27. The molecule has 260 valence electrons. The van der Waals surface area contributed by atoms with E-state index < -0.39 is 36.4 Å². The standard InChI is InChI=1S/C20H27N3OS.3C2HF3O2/c1-16-2-3-18(25-16)15-22-10-6-19-20(7-11-22)24-13-12-23(19)14-17-4-8-21-9-5-17;3*3-2(4,5)1(6)7/h2-5,8-9,19-20H,6-7,10-15H2,1H3;3*(H,6,7)/t19-,20-;;;/m0.../s1. The molecule has 0 unspecified atom stereocenters. The minimum Gasteiger partial charge on any atom is -0.475 e. The summed E-state index contributed by atoms with van der Waals surface area (Å²) in [6.45, 7) is 8.48. The van der Waals surface area contributed by atoms with Crippen LogP contribution in [0, 0.1) is 6.92 Å². The van der Waals surface area contributed by atoms with Crippen molar-refractivity contribution in [2.24, 2.45) is 0 Å². The number of fused-ring (bicyclic) bond motifs is 1. The first-order chi connectivity index (χ1) is 21.1. The number of carboxylic acids is 3. The number of carbonyl (C=O) groups is 3. The lowest BCUT2D eigenvalue weighted by atomic mass is 10.0. The van der Waals surface area contributed by atoms with Gasteiger partial charge in [0.15, 0.2) is 0 Å². The van der Waals surface area contributed by atoms with Crippen molar-refractivity contribution in [3.8, 4) is 0 Å². The Kier molecular flexibility index (Phi) is 15.9. The molecule has 2 aliphatic rings. The summed E-state index contributed by atoms with van der Waals surface area (Å²) < 4.78 is 101. The quantitative estimate of drug-likeness (QED) is 0.364. The van der Waals surface area contributed by atoms with E-state index in [0.717, 1.165) is 45.8 Å². The van der Waals surface area contributed by atoms with Crippen molar-refractivity contribution >= 4 is 29.2 Å². The molecule has 0 aliphatic carbocycles. The molecule has 0 bridgehead atoms. The second-order valence-electron chi connectivity index (χ2n) is 9.58. The molecule has 20 heteroatoms. The van der Waals surface area contributed by atoms with Crippen LogP contribution in [0.4, 0.5) is 39.5 Å². The van der Waals surface area contributed by atoms with E-state index in [0.29, 0.717) is 12.1 Å². The topological polar surface area (TPSA) is 140 Å². The molecule has 0 saturated carbocycles. The third kappa shape index (κ3) is 15.7. The van der Waals surface area contributed by atoms with E-state index in [2.05, 4.69) is 46.0 Å². The average molecular weight is 700 g/mol. The number of likely N-dealkylation sites (tertiary alicyclic amines) is 1. The highest BCUT2D eigenvalue weighted by atomic mass is 32.1. The number of hydrogen-bond acceptors (Lipinski definition) is 8. The van der Waals surface area contributed by atoms with Crippen LogP contribution in [0.2, 0.25) is 0 Å². The number of alkyl halides is 9. The Labute approximate surface area is 260 Å². The molecule has 2 fully saturated rings. The number of hydrogen-bond donors (Lipinski definition) is 3. The van der Waals surface area contributed by atoms with Gasteiger partial charge in [-0.05, 0) is 49.6 Å². The van der Waals surface area contributed by atoms with E-state index in [9.17, 15) is 39.5 Å². The lowest BCUT2D eigenvalue weighted by Crippen LogP contribution is -2.50. The van der Waals surface area contributed by atoms with Gasteiger partial charge in [-0.1, -0.05) is 0 Å². The molecular formula is C26H30F9N3O7S. The molecule has 0 spiro atoms. The monoisotopic (exact) mass is 699 g/mol. The first-order valence-electron chi connectivity index (χ1n) is 13.0. The SMILES string of the molecule is Cc1ccc(CN2CC[C@@H]3OCCN(Cc4ccncc4)[C@H]3CC2)s1.O=C(O)C(F)(F)F.O=C(O)C(F)(F)F.O=C(O)C(F)(F)F. The number of ether oxygens (including phenoxy) is 1. The van der Waals surface area contributed by atoms with Gasteiger partial charge in [-0.25, -0.2) is 14.4 Å². The maximum absolute atomic E-state index is 10.6. The van der Waals surface area contributed by atoms with E-state index in [1.807, 2.05) is 23.7 Å². The Morgan fingerprint density at radius 2 is 1.28 bits per heavy atom. The number of thiophene rings is 1. The summed E-state index contributed by atoms with van der Waals surface area (Å²) in [5, 5.41) is 21.4. The van der Waals surface area contributed by atoms with E-state index >= 15 is 0 Å². The van der Waals surface area contributed by atoms with Crippen molar-refractivity contribution in [3.63, 3.8) is 0 Å². The number of aromatic nitrogens is 1. The Bertz CT molecular complexity index is 1180. The molecule has 2 aromatic rings. The summed E-state index contributed by atoms with van der Waals surface area (Å²) in [6, 6.07) is 9.32. The molecule has 0 amide bonds. The van der Waals surface area contributed by atoms with Crippen LogP contribution in [0.15, 0.2) is 36.7 Å². The molecule has 0 radical (unpaired) electrons. The normalized spacial score (nSPS) is 19.0. The van der Waals surface area contributed by atoms with E-state index in [1.54, 1.807) is 0 Å². The first-order valence-corrected chi connectivity index (χ1v) is 13.9. The van der Waals surface area contributed by atoms with Gasteiger partial charge in [0.2, 0.25) is 0 Å². The predicted molar refractivity (Wildman–Crippen MR) is 143 cm³/mol. The predicted octanol–water partition coefficient (Wildman–Crippen LogP) is 5.22. The van der Waals surface area contributed by atoms with Crippen molar-refractivity contribution in [3.05, 3.63) is 52.0 Å². The van der Waals surface area contributed by atoms with E-state index in [1.165, 1.54) is 21.7 Å². The fourth-order valence-corrected chi connectivity index (χ4v) is 5.01. The van der Waals surface area contributed by atoms with E-state index in [-0.39, 0.29) is 0 Å². The van der Waals surface area contributed by atoms with Gasteiger partial charge in [-0.2, -0.15) is 39.5 Å². The second-order valence-corrected chi connectivity index (χ2v) is 10.9. The van der Waals surface area contributed by atoms with Crippen LogP contribution in [-0.2, 0) is 32.2 Å². The summed E-state index contributed by atoms with van der Waals surface area (Å²) >= 11 is 1.93. The average Bonchev–Trinajstić information content (AvgIpc) is 3.23. The number of rotatable bonds is 4. The summed E-state index contributed by atoms with van der Waals surface area (Å²) in [7, 11) is 0. The molecule has 46 heavy (non-hydrogen) atoms. The number of halogens is 9. The Balaban J connectivity index is 0.000000413. The van der Waals surface area contributed by atoms with Gasteiger partial charge in [0, 0.05) is 60.9 Å². The molecule has 2 saturated heterocycles. The highest BCUT2D eigenvalue weighted by molar-refractivity contribution is 7.11. The van der Waals surface area contributed by atoms with Gasteiger partial charge in [0.05, 0.1) is 12.7 Å². The lowest BCUT2D eigenvalue weighted by Gasteiger charge is -2.40. The van der Waals surface area contributed by atoms with Gasteiger partial charge < -0.3 is 20.1 Å². The molecule has 2 aliphatic heterocycles. The van der Waals surface area contributed by atoms with E-state index in [4.69, 9.17) is 34.4 Å². The van der Waals surface area contributed by atoms with Crippen LogP contribution < -0.4 is 0 Å². The summed E-state index contributed by atoms with van der Waals surface area (Å²) in [4.78, 5) is 39.0. The summed E-state index contributed by atoms with van der Waals surface area (Å²) in [5.41, 5.74) is 1.35. The number of nitrogens with zero attached hydrogens (tertiary/aromatic N) is 3. The molecule has 10 nitrogen and oxygen atoms in total. The highest BCUT2D eigenvalue weighted by Crippen LogP contribution is 2.27. The van der Waals surface area contributed by atoms with Crippen LogP contribution in [-0.4, -0.2) is 105 Å². The zero-order chi connectivity index (χ0) is 35.3. The van der Waals surface area contributed by atoms with Crippen molar-refractivity contribution in [2.75, 3.05) is 26.2 Å². The lowest BCUT2D eigenvalue weighted by molar-refractivity contribution is -0.193. The molecule has 4 heterocycles. The molecule has 2 aromatic heterocycles. The van der Waals surface area contributed by atoms with Crippen LogP contribution in [0.25, 0.3) is 0 Å². The van der Waals surface area contributed by atoms with Crippen LogP contribution >= 0.6 is 11.3 Å². The fraction of sp³-hybridized carbons (Fsp3) is 0.538. The first kappa shape index (κ1) is 40.5. The maximum atomic E-state index is 10.6. The Hall–Kier alpha value is -3.49. The fourth-order valence-electron chi connectivity index (χ4n) is 4.08. The largest absolute Gasteiger partial charge is 0.490 e. The molecule has 0 aromatic carbocycles. The van der Waals surface area contributed by atoms with Crippen molar-refractivity contribution in [1.82, 2.24) is 14.8 Å². The van der Waals surface area contributed by atoms with Gasteiger partial charge >= 0.3 is 36.4 Å². The number of aryl methyl sites for hydroxylation is 1. The molecule has 3 N–H and O–H groups in total. The zero-order valence-electron chi connectivity index (χ0n) is 23.9. The Morgan fingerprint density at radius 3 is 1.72 bits per heavy atom. The van der Waals surface area contributed by atoms with Crippen molar-refractivity contribution in [1.29, 1.82) is 0 Å². The minimum atomic E-state index is -5.08. The molecule has 2 atom stereocenters. The van der Waals surface area contributed by atoms with Gasteiger partial charge in [-0.3, -0.25) is 14.8 Å². The van der Waals surface area contributed by atoms with Crippen LogP contribution in [0.1, 0.15) is 28.2 Å². The molecular weight excluding hydrogens is 669 g/mol. The van der Waals surface area contributed by atoms with Crippen molar-refractivity contribution in [2.45, 2.75) is 63.5 Å². The number of morpholine rings is 1. The van der Waals surface area contributed by atoms with Gasteiger partial charge in [0.25, 0.3) is 0 Å². The van der Waals surface area contributed by atoms with Crippen molar-refractivity contribution < 1.29 is 74.0 Å². The van der Waals surface area contributed by atoms with Gasteiger partial charge in [0.1, 0.15) is 0 Å². The zero-order valence-corrected chi connectivity index (χ0v) is 24.7. The number of aliphatic carboxylic acids is 3. The highest BCUT2D eigenvalue weighted by Gasteiger charge is 2.39. The molecule has 4 rings (SSSR count). The smallest absolute Gasteiger partial charge is 0.475 e. The van der Waals surface area contributed by atoms with Crippen LogP contribution in [0.3, 0.4) is 0 Å². The second kappa shape index (κ2) is 18.0. The van der Waals surface area contributed by atoms with Gasteiger partial charge in [-0.15, -0.1) is 11.3 Å². The number of carboxylic acid groups (broad SMARTS) is 3. The van der Waals surface area contributed by atoms with Crippen LogP contribution in [0.5, 0.6) is 0 Å². The summed E-state index contributed by atoms with van der Waals surface area (Å²) in [6.07, 6.45) is -8.75. The maximum Gasteiger partial charge on any atom is 0.490 e. The number of pyridine rings is 1.